The summed E-state index contributed by atoms with van der Waals surface area (Å²) in [5.74, 6) is 0.365. The first-order valence-corrected chi connectivity index (χ1v) is 10.7. The molecule has 3 heterocycles. The van der Waals surface area contributed by atoms with Gasteiger partial charge < -0.3 is 20.6 Å². The minimum Gasteiger partial charge on any atom is -0.465 e. The van der Waals surface area contributed by atoms with Crippen LogP contribution >= 0.6 is 0 Å². The van der Waals surface area contributed by atoms with Crippen LogP contribution in [0.2, 0.25) is 0 Å². The fourth-order valence-corrected chi connectivity index (χ4v) is 4.53. The van der Waals surface area contributed by atoms with Gasteiger partial charge in [0.05, 0.1) is 5.69 Å². The summed E-state index contributed by atoms with van der Waals surface area (Å²) in [5, 5.41) is 32.6. The van der Waals surface area contributed by atoms with E-state index in [0.29, 0.717) is 18.9 Å². The van der Waals surface area contributed by atoms with Crippen LogP contribution < -0.4 is 5.32 Å². The maximum atomic E-state index is 13.3. The molecule has 1 saturated heterocycles. The average Bonchev–Trinajstić information content (AvgIpc) is 2.68. The molecule has 1 aromatic heterocycles. The molecular weight excluding hydrogens is 431 g/mol. The molecule has 0 radical (unpaired) electrons. The van der Waals surface area contributed by atoms with E-state index >= 15 is 0 Å². The number of hydrogen-bond donors (Lipinski definition) is 4. The first-order valence-electron chi connectivity index (χ1n) is 10.7. The first kappa shape index (κ1) is 24.6. The van der Waals surface area contributed by atoms with Crippen LogP contribution in [0.3, 0.4) is 0 Å². The van der Waals surface area contributed by atoms with Crippen molar-refractivity contribution in [3.05, 3.63) is 22.8 Å². The first-order chi connectivity index (χ1) is 14.9. The van der Waals surface area contributed by atoms with Gasteiger partial charge in [-0.25, -0.2) is 14.8 Å². The van der Waals surface area contributed by atoms with Gasteiger partial charge in [0, 0.05) is 44.2 Å². The number of amides is 1. The second-order valence-electron chi connectivity index (χ2n) is 8.74. The van der Waals surface area contributed by atoms with Crippen molar-refractivity contribution in [1.82, 2.24) is 25.1 Å². The van der Waals surface area contributed by atoms with Crippen LogP contribution in [0.5, 0.6) is 0 Å². The molecule has 0 aliphatic carbocycles. The molecular formula is C20H30F3N5O4. The predicted octanol–water partition coefficient (Wildman–Crippen LogP) is 1.56. The predicted molar refractivity (Wildman–Crippen MR) is 107 cm³/mol. The molecule has 0 saturated carbocycles. The Bertz CT molecular complexity index is 825. The fourth-order valence-electron chi connectivity index (χ4n) is 4.53. The van der Waals surface area contributed by atoms with E-state index in [0.717, 1.165) is 6.42 Å². The van der Waals surface area contributed by atoms with Gasteiger partial charge in [-0.2, -0.15) is 13.2 Å². The van der Waals surface area contributed by atoms with E-state index in [2.05, 4.69) is 22.2 Å². The van der Waals surface area contributed by atoms with E-state index < -0.39 is 36.5 Å². The number of piperidine rings is 1. The summed E-state index contributed by atoms with van der Waals surface area (Å²) in [4.78, 5) is 22.4. The molecule has 2 aliphatic heterocycles. The number of halogens is 3. The molecule has 4 atom stereocenters. The number of carbonyl (C=O) groups is 1. The number of likely N-dealkylation sites (tertiary alicyclic amines) is 1. The summed E-state index contributed by atoms with van der Waals surface area (Å²) < 4.78 is 40.0. The topological polar surface area (TPSA) is 122 Å². The number of nitrogens with zero attached hydrogens (tertiary/aromatic N) is 4. The summed E-state index contributed by atoms with van der Waals surface area (Å²) in [5.41, 5.74) is -0.678. The number of aliphatic hydroxyl groups excluding tert-OH is 2. The van der Waals surface area contributed by atoms with Crippen molar-refractivity contribution in [2.24, 2.45) is 5.92 Å². The van der Waals surface area contributed by atoms with Gasteiger partial charge in [-0.1, -0.05) is 6.92 Å². The van der Waals surface area contributed by atoms with Crippen LogP contribution in [0.25, 0.3) is 0 Å². The van der Waals surface area contributed by atoms with Gasteiger partial charge in [-0.15, -0.1) is 0 Å². The van der Waals surface area contributed by atoms with Crippen molar-refractivity contribution in [1.29, 1.82) is 0 Å². The van der Waals surface area contributed by atoms with E-state index in [1.165, 1.54) is 6.92 Å². The number of nitrogens with one attached hydrogen (secondary N) is 1. The van der Waals surface area contributed by atoms with Crippen molar-refractivity contribution in [2.75, 3.05) is 19.6 Å². The minimum atomic E-state index is -4.58. The van der Waals surface area contributed by atoms with Crippen molar-refractivity contribution >= 4 is 6.09 Å². The van der Waals surface area contributed by atoms with Crippen LogP contribution in [0.4, 0.5) is 18.0 Å². The molecule has 1 fully saturated rings. The standard InChI is InChI=1S/C20H30F3N5O4/c1-11-3-4-16(29)28(8-11)9-13(26-19(31)32)7-17(30)27-6-5-14-15(10-27)24-12(2)25-18(14)20(21,22)23/h11,13,16-17,26,29-30H,3-10H2,1-2H3,(H,31,32)/t11-,13+,16?,17?/m1/s1. The number of fused-ring (bicyclic) bond motifs is 1. The molecule has 3 rings (SSSR count). The molecule has 4 N–H and O–H groups in total. The normalized spacial score (nSPS) is 24.6. The molecule has 32 heavy (non-hydrogen) atoms. The quantitative estimate of drug-likeness (QED) is 0.504. The molecule has 1 amide bonds. The molecule has 12 heteroatoms. The van der Waals surface area contributed by atoms with Gasteiger partial charge in [0.25, 0.3) is 0 Å². The number of aliphatic hydroxyl groups is 2. The minimum absolute atomic E-state index is 0.00559. The average molecular weight is 461 g/mol. The molecule has 1 aromatic rings. The second kappa shape index (κ2) is 9.86. The number of alkyl halides is 3. The van der Waals surface area contributed by atoms with E-state index in [9.17, 15) is 33.3 Å². The number of hydrogen-bond acceptors (Lipinski definition) is 7. The number of rotatable bonds is 6. The lowest BCUT2D eigenvalue weighted by Crippen LogP contribution is -2.52. The van der Waals surface area contributed by atoms with Crippen LogP contribution in [0, 0.1) is 12.8 Å². The third-order valence-electron chi connectivity index (χ3n) is 6.06. The summed E-state index contributed by atoms with van der Waals surface area (Å²) in [6.07, 6.45) is -6.08. The molecule has 9 nitrogen and oxygen atoms in total. The number of aromatic nitrogens is 2. The zero-order chi connectivity index (χ0) is 23.6. The van der Waals surface area contributed by atoms with Crippen LogP contribution in [-0.2, 0) is 19.1 Å². The molecule has 2 aliphatic rings. The van der Waals surface area contributed by atoms with E-state index in [-0.39, 0.29) is 49.6 Å². The Balaban J connectivity index is 1.70. The SMILES string of the molecule is Cc1nc2c(c(C(F)(F)F)n1)CCN(C(O)C[C@@H](CN1C[C@H](C)CCC1O)NC(=O)O)C2. The lowest BCUT2D eigenvalue weighted by Gasteiger charge is -2.39. The Morgan fingerprint density at radius 3 is 2.69 bits per heavy atom. The summed E-state index contributed by atoms with van der Waals surface area (Å²) >= 11 is 0. The van der Waals surface area contributed by atoms with Crippen molar-refractivity contribution in [3.8, 4) is 0 Å². The van der Waals surface area contributed by atoms with Gasteiger partial charge in [-0.3, -0.25) is 9.80 Å². The Morgan fingerprint density at radius 2 is 2.03 bits per heavy atom. The highest BCUT2D eigenvalue weighted by molar-refractivity contribution is 5.64. The fraction of sp³-hybridized carbons (Fsp3) is 0.750. The third-order valence-corrected chi connectivity index (χ3v) is 6.06. The Kier molecular flexibility index (Phi) is 7.58. The lowest BCUT2D eigenvalue weighted by molar-refractivity contribution is -0.142. The van der Waals surface area contributed by atoms with Gasteiger partial charge in [0.2, 0.25) is 0 Å². The Hall–Kier alpha value is -2.02. The summed E-state index contributed by atoms with van der Waals surface area (Å²) in [6, 6.07) is -0.665. The van der Waals surface area contributed by atoms with E-state index in [1.54, 1.807) is 9.80 Å². The van der Waals surface area contributed by atoms with Crippen molar-refractivity contribution in [3.63, 3.8) is 0 Å². The number of carboxylic acid groups (broad SMARTS) is 1. The van der Waals surface area contributed by atoms with Crippen LogP contribution in [0.15, 0.2) is 0 Å². The largest absolute Gasteiger partial charge is 0.465 e. The highest BCUT2D eigenvalue weighted by Crippen LogP contribution is 2.34. The maximum Gasteiger partial charge on any atom is 0.433 e. The molecule has 0 bridgehead atoms. The van der Waals surface area contributed by atoms with Crippen molar-refractivity contribution < 1.29 is 33.3 Å². The maximum absolute atomic E-state index is 13.3. The zero-order valence-electron chi connectivity index (χ0n) is 18.1. The highest BCUT2D eigenvalue weighted by Gasteiger charge is 2.39. The highest BCUT2D eigenvalue weighted by atomic mass is 19.4. The zero-order valence-corrected chi connectivity index (χ0v) is 18.1. The van der Waals surface area contributed by atoms with Gasteiger partial charge >= 0.3 is 12.3 Å². The van der Waals surface area contributed by atoms with Gasteiger partial charge in [0.15, 0.2) is 5.69 Å². The van der Waals surface area contributed by atoms with Gasteiger partial charge in [0.1, 0.15) is 18.3 Å². The van der Waals surface area contributed by atoms with Crippen molar-refractivity contribution in [2.45, 2.75) is 70.7 Å². The molecule has 0 spiro atoms. The summed E-state index contributed by atoms with van der Waals surface area (Å²) in [6.45, 7) is 4.44. The Morgan fingerprint density at radius 1 is 1.31 bits per heavy atom. The lowest BCUT2D eigenvalue weighted by atomic mass is 9.97. The van der Waals surface area contributed by atoms with E-state index in [4.69, 9.17) is 0 Å². The second-order valence-corrected chi connectivity index (χ2v) is 8.74. The Labute approximate surface area is 184 Å². The molecule has 0 aromatic carbocycles. The van der Waals surface area contributed by atoms with E-state index in [1.807, 2.05) is 0 Å². The molecule has 180 valence electrons. The number of aryl methyl sites for hydroxylation is 1. The smallest absolute Gasteiger partial charge is 0.433 e. The van der Waals surface area contributed by atoms with Crippen LogP contribution in [-0.4, -0.2) is 79.3 Å². The van der Waals surface area contributed by atoms with Gasteiger partial charge in [-0.05, 0) is 32.1 Å². The molecule has 2 unspecified atom stereocenters. The van der Waals surface area contributed by atoms with Crippen LogP contribution in [0.1, 0.15) is 49.0 Å². The monoisotopic (exact) mass is 461 g/mol. The summed E-state index contributed by atoms with van der Waals surface area (Å²) in [7, 11) is 0. The third kappa shape index (κ3) is 6.06.